The third kappa shape index (κ3) is 7.82. The number of ether oxygens (including phenoxy) is 3. The number of aromatic amines is 1. The smallest absolute Gasteiger partial charge is 0.383 e. The molecule has 0 fully saturated rings. The summed E-state index contributed by atoms with van der Waals surface area (Å²) in [5.74, 6) is 5.56. The second kappa shape index (κ2) is 17.4. The molecule has 55 heavy (non-hydrogen) atoms. The summed E-state index contributed by atoms with van der Waals surface area (Å²) in [6.07, 6.45) is 0. The third-order valence-corrected chi connectivity index (χ3v) is 9.61. The quantitative estimate of drug-likeness (QED) is 0.181. The maximum Gasteiger partial charge on any atom is 0.383 e. The molecule has 0 saturated carbocycles. The Hall–Kier alpha value is -5.98. The lowest BCUT2D eigenvalue weighted by atomic mass is 10.1. The van der Waals surface area contributed by atoms with E-state index in [0.717, 1.165) is 67.7 Å². The fourth-order valence-corrected chi connectivity index (χ4v) is 6.94. The normalized spacial score (nSPS) is 12.9. The van der Waals surface area contributed by atoms with Crippen LogP contribution in [0.1, 0.15) is 5.56 Å². The topological polar surface area (TPSA) is 81.6 Å². The van der Waals surface area contributed by atoms with Crippen molar-refractivity contribution < 1.29 is 47.7 Å². The molecule has 6 aromatic carbocycles. The van der Waals surface area contributed by atoms with Crippen LogP contribution in [0.3, 0.4) is 0 Å². The summed E-state index contributed by atoms with van der Waals surface area (Å²) < 4.78 is 20.6. The van der Waals surface area contributed by atoms with Crippen LogP contribution in [0.5, 0.6) is 17.2 Å². The molecule has 1 aliphatic rings. The second-order valence-electron chi connectivity index (χ2n) is 12.7. The van der Waals surface area contributed by atoms with Crippen LogP contribution in [0.2, 0.25) is 0 Å². The molecule has 0 radical (unpaired) electrons. The minimum atomic E-state index is 0. The number of halogens is 1. The summed E-state index contributed by atoms with van der Waals surface area (Å²) in [5.41, 5.74) is 9.80. The molecule has 0 bridgehead atoms. The number of hydrogen-bond acceptors (Lipinski definition) is 5. The number of nitrogens with one attached hydrogen (secondary N) is 2. The van der Waals surface area contributed by atoms with E-state index < -0.39 is 0 Å². The summed E-state index contributed by atoms with van der Waals surface area (Å²) in [6, 6.07) is 48.5. The van der Waals surface area contributed by atoms with Crippen LogP contribution < -0.4 is 43.1 Å². The highest BCUT2D eigenvalue weighted by Crippen LogP contribution is 2.32. The van der Waals surface area contributed by atoms with Gasteiger partial charge in [-0.2, -0.15) is 0 Å². The van der Waals surface area contributed by atoms with E-state index in [0.29, 0.717) is 0 Å². The van der Waals surface area contributed by atoms with Crippen molar-refractivity contribution >= 4 is 39.3 Å². The summed E-state index contributed by atoms with van der Waals surface area (Å²) >= 11 is 0. The summed E-state index contributed by atoms with van der Waals surface area (Å²) in [4.78, 5) is 13.8. The molecule has 9 nitrogen and oxygen atoms in total. The number of imidazole rings is 2. The average Bonchev–Trinajstić information content (AvgIpc) is 3.89. The molecule has 2 N–H and O–H groups in total. The largest absolute Gasteiger partial charge is 1.00 e. The molecule has 3 heterocycles. The number of nitrogens with zero attached hydrogens (tertiary/aromatic N) is 4. The molecule has 278 valence electrons. The Morgan fingerprint density at radius 2 is 1.09 bits per heavy atom. The van der Waals surface area contributed by atoms with Crippen molar-refractivity contribution in [3.63, 3.8) is 0 Å². The van der Waals surface area contributed by atoms with Crippen LogP contribution in [0, 0.1) is 0 Å². The predicted octanol–water partition coefficient (Wildman–Crippen LogP) is 5.07. The zero-order valence-electron chi connectivity index (χ0n) is 31.7. The van der Waals surface area contributed by atoms with Crippen molar-refractivity contribution in [3.8, 4) is 40.0 Å². The number of para-hydroxylation sites is 9. The number of benzene rings is 6. The van der Waals surface area contributed by atoms with Crippen LogP contribution in [0.15, 0.2) is 146 Å². The van der Waals surface area contributed by atoms with Crippen molar-refractivity contribution in [1.82, 2.24) is 19.5 Å². The van der Waals surface area contributed by atoms with E-state index in [1.165, 1.54) is 22.1 Å². The number of methoxy groups -OCH3 is 3. The first-order valence-electron chi connectivity index (χ1n) is 17.7. The first-order valence-corrected chi connectivity index (χ1v) is 17.7. The van der Waals surface area contributed by atoms with E-state index in [1.807, 2.05) is 110 Å². The average molecular weight is 844 g/mol. The number of rotatable bonds is 6. The first-order chi connectivity index (χ1) is 26.4. The van der Waals surface area contributed by atoms with Gasteiger partial charge in [0.1, 0.15) is 41.5 Å². The fourth-order valence-electron chi connectivity index (χ4n) is 6.94. The predicted molar refractivity (Wildman–Crippen MR) is 217 cm³/mol. The van der Waals surface area contributed by atoms with Gasteiger partial charge in [0.05, 0.1) is 61.6 Å². The molecule has 1 aliphatic heterocycles. The molecule has 1 unspecified atom stereocenters. The van der Waals surface area contributed by atoms with Gasteiger partial charge in [0.2, 0.25) is 5.69 Å². The number of fused-ring (bicyclic) bond motifs is 3. The number of quaternary nitrogens is 1. The van der Waals surface area contributed by atoms with Crippen LogP contribution in [-0.2, 0) is 7.05 Å². The number of aromatic nitrogens is 4. The van der Waals surface area contributed by atoms with Crippen LogP contribution in [-0.4, -0.2) is 65.4 Å². The van der Waals surface area contributed by atoms with Gasteiger partial charge in [-0.05, 0) is 60.7 Å². The Kier molecular flexibility index (Phi) is 12.3. The molecule has 2 aromatic heterocycles. The molecule has 0 aliphatic carbocycles. The van der Waals surface area contributed by atoms with Gasteiger partial charge in [0.25, 0.3) is 5.69 Å². The molecule has 1 atom stereocenters. The molecular formula is C45H44IN6O3+. The minimum absolute atomic E-state index is 0. The SMILES string of the molecule is COc1ccccc1-c1nc2ccccc2[nH]1.COc1ccccc1-c1nc2ccccc2n1C.COc1ccccc1C1=[N+](C)c2ccccc2[NH+]1C.[I-]. The van der Waals surface area contributed by atoms with Gasteiger partial charge in [-0.25, -0.2) is 14.9 Å². The number of amidine groups is 1. The van der Waals surface area contributed by atoms with E-state index >= 15 is 0 Å². The highest BCUT2D eigenvalue weighted by molar-refractivity contribution is 5.95. The van der Waals surface area contributed by atoms with E-state index in [4.69, 9.17) is 14.2 Å². The lowest BCUT2D eigenvalue weighted by molar-refractivity contribution is -0.716. The molecule has 0 saturated heterocycles. The Labute approximate surface area is 338 Å². The lowest BCUT2D eigenvalue weighted by Crippen LogP contribution is -3.06. The molecule has 10 heteroatoms. The minimum Gasteiger partial charge on any atom is -1.00 e. The fraction of sp³-hybridized carbons (Fsp3) is 0.133. The molecule has 0 spiro atoms. The first kappa shape index (κ1) is 38.7. The molecule has 9 rings (SSSR count). The number of H-pyrrole nitrogens is 1. The molecular weight excluding hydrogens is 799 g/mol. The van der Waals surface area contributed by atoms with Crippen molar-refractivity contribution in [3.05, 3.63) is 151 Å². The van der Waals surface area contributed by atoms with E-state index in [-0.39, 0.29) is 24.0 Å². The maximum atomic E-state index is 5.49. The van der Waals surface area contributed by atoms with E-state index in [2.05, 4.69) is 80.7 Å². The van der Waals surface area contributed by atoms with Gasteiger partial charge in [0.15, 0.2) is 0 Å². The van der Waals surface area contributed by atoms with Crippen molar-refractivity contribution in [1.29, 1.82) is 0 Å². The summed E-state index contributed by atoms with van der Waals surface area (Å²) in [7, 11) is 11.4. The van der Waals surface area contributed by atoms with Crippen LogP contribution in [0.25, 0.3) is 44.8 Å². The maximum absolute atomic E-state index is 5.49. The number of aryl methyl sites for hydroxylation is 1. The van der Waals surface area contributed by atoms with E-state index in [1.54, 1.807) is 21.3 Å². The standard InChI is InChI=1S/C16H17N2O.C15H14N2O.C14H12N2O.HI/c1-17-13-9-5-6-10-14(13)18(2)16(17)12-8-4-7-11-15(12)19-3;1-17-13-9-5-4-8-12(13)16-15(17)11-7-3-6-10-14(11)18-2;1-17-13-9-5-2-6-10(13)14-15-11-7-3-4-8-12(11)16-14;/h4-11H,1-3H3;3-10H,1-2H3;2-9H,1H3,(H,15,16);1H/q+1;;;. The Balaban J connectivity index is 0.000000139. The highest BCUT2D eigenvalue weighted by Gasteiger charge is 2.40. The van der Waals surface area contributed by atoms with E-state index in [9.17, 15) is 0 Å². The Morgan fingerprint density at radius 1 is 0.582 bits per heavy atom. The number of hydrogen-bond donors (Lipinski definition) is 2. The van der Waals surface area contributed by atoms with Crippen molar-refractivity contribution in [2.75, 3.05) is 35.4 Å². The van der Waals surface area contributed by atoms with Gasteiger partial charge >= 0.3 is 5.84 Å². The Morgan fingerprint density at radius 3 is 1.73 bits per heavy atom. The monoisotopic (exact) mass is 843 g/mol. The van der Waals surface area contributed by atoms with Crippen molar-refractivity contribution in [2.24, 2.45) is 7.05 Å². The van der Waals surface area contributed by atoms with Gasteiger partial charge < -0.3 is 47.7 Å². The van der Waals surface area contributed by atoms with Crippen LogP contribution >= 0.6 is 0 Å². The molecule has 8 aromatic rings. The molecule has 0 amide bonds. The zero-order chi connectivity index (χ0) is 37.6. The summed E-state index contributed by atoms with van der Waals surface area (Å²) in [6.45, 7) is 0. The third-order valence-electron chi connectivity index (χ3n) is 9.61. The second-order valence-corrected chi connectivity index (χ2v) is 12.7. The Bertz CT molecular complexity index is 2560. The van der Waals surface area contributed by atoms with Gasteiger partial charge in [-0.3, -0.25) is 0 Å². The lowest BCUT2D eigenvalue weighted by Gasteiger charge is -2.08. The van der Waals surface area contributed by atoms with Gasteiger partial charge in [-0.1, -0.05) is 72.8 Å². The van der Waals surface area contributed by atoms with Crippen molar-refractivity contribution in [2.45, 2.75) is 0 Å². The van der Waals surface area contributed by atoms with Gasteiger partial charge in [-0.15, -0.1) is 4.58 Å². The zero-order valence-corrected chi connectivity index (χ0v) is 33.9. The summed E-state index contributed by atoms with van der Waals surface area (Å²) in [5, 5.41) is 0. The van der Waals surface area contributed by atoms with Gasteiger partial charge in [0, 0.05) is 19.2 Å². The highest BCUT2D eigenvalue weighted by atomic mass is 127. The van der Waals surface area contributed by atoms with Crippen LogP contribution in [0.4, 0.5) is 11.4 Å².